The molecule has 0 saturated heterocycles. The number of allylic oxidation sites excluding steroid dienone is 4. The Labute approximate surface area is 78.7 Å². The lowest BCUT2D eigenvalue weighted by Crippen LogP contribution is -1.85. The van der Waals surface area contributed by atoms with Crippen molar-refractivity contribution in [2.45, 2.75) is 13.8 Å². The summed E-state index contributed by atoms with van der Waals surface area (Å²) in [5, 5.41) is 6.93. The van der Waals surface area contributed by atoms with Gasteiger partial charge in [-0.15, -0.1) is 0 Å². The number of hydrogen-bond acceptors (Lipinski definition) is 1. The van der Waals surface area contributed by atoms with Gasteiger partial charge < -0.3 is 0 Å². The minimum atomic E-state index is 1.01. The van der Waals surface area contributed by atoms with E-state index in [-0.39, 0.29) is 0 Å². The number of nitrogens with one attached hydrogen (secondary N) is 1. The molecular weight excluding hydrogens is 160 g/mol. The molecule has 13 heavy (non-hydrogen) atoms. The summed E-state index contributed by atoms with van der Waals surface area (Å²) in [7, 11) is 0. The Morgan fingerprint density at radius 2 is 2.23 bits per heavy atom. The molecule has 0 spiro atoms. The van der Waals surface area contributed by atoms with Gasteiger partial charge in [0.15, 0.2) is 0 Å². The average molecular weight is 174 g/mol. The molecule has 0 unspecified atom stereocenters. The summed E-state index contributed by atoms with van der Waals surface area (Å²) in [6.45, 7) is 11.5. The maximum Gasteiger partial charge on any atom is 0.0681 e. The zero-order valence-corrected chi connectivity index (χ0v) is 8.09. The van der Waals surface area contributed by atoms with Crippen molar-refractivity contribution >= 4 is 11.1 Å². The summed E-state index contributed by atoms with van der Waals surface area (Å²) in [4.78, 5) is 0. The summed E-state index contributed by atoms with van der Waals surface area (Å²) < 4.78 is 0. The van der Waals surface area contributed by atoms with E-state index in [4.69, 9.17) is 0 Å². The first kappa shape index (κ1) is 9.52. The lowest BCUT2D eigenvalue weighted by atomic mass is 10.1. The minimum Gasteiger partial charge on any atom is -0.278 e. The third-order valence-corrected chi connectivity index (χ3v) is 1.86. The maximum atomic E-state index is 3.99. The lowest BCUT2D eigenvalue weighted by molar-refractivity contribution is 1.07. The van der Waals surface area contributed by atoms with E-state index in [0.29, 0.717) is 0 Å². The Kier molecular flexibility index (Phi) is 2.85. The highest BCUT2D eigenvalue weighted by atomic mass is 15.1. The van der Waals surface area contributed by atoms with Crippen molar-refractivity contribution in [3.63, 3.8) is 0 Å². The molecule has 1 aromatic rings. The summed E-state index contributed by atoms with van der Waals surface area (Å²) in [6, 6.07) is 0. The van der Waals surface area contributed by atoms with Crippen LogP contribution in [0.5, 0.6) is 0 Å². The lowest BCUT2D eigenvalue weighted by Gasteiger charge is -2.00. The topological polar surface area (TPSA) is 28.7 Å². The molecule has 0 radical (unpaired) electrons. The highest BCUT2D eigenvalue weighted by Crippen LogP contribution is 2.21. The van der Waals surface area contributed by atoms with Crippen LogP contribution in [-0.4, -0.2) is 10.2 Å². The fraction of sp³-hybridized carbons (Fsp3) is 0.182. The monoisotopic (exact) mass is 174 g/mol. The van der Waals surface area contributed by atoms with Crippen LogP contribution in [0.2, 0.25) is 0 Å². The molecule has 0 aliphatic rings. The fourth-order valence-electron chi connectivity index (χ4n) is 1.17. The Balaban J connectivity index is 3.14. The standard InChI is InChI=1S/C11H14N2/c1-5-6-9(4)11-10(8(2)3)7-12-13-11/h5-7H,1-2H2,3-4H3,(H,12,13)/b9-6+. The van der Waals surface area contributed by atoms with Crippen LogP contribution in [0.4, 0.5) is 0 Å². The van der Waals surface area contributed by atoms with Gasteiger partial charge in [-0.3, -0.25) is 5.10 Å². The zero-order chi connectivity index (χ0) is 9.84. The van der Waals surface area contributed by atoms with Crippen molar-refractivity contribution in [1.82, 2.24) is 10.2 Å². The molecule has 1 heterocycles. The second-order valence-corrected chi connectivity index (χ2v) is 3.02. The Morgan fingerprint density at radius 1 is 1.54 bits per heavy atom. The number of aromatic amines is 1. The second kappa shape index (κ2) is 3.90. The largest absolute Gasteiger partial charge is 0.278 e. The van der Waals surface area contributed by atoms with Gasteiger partial charge in [0.05, 0.1) is 11.9 Å². The predicted molar refractivity (Wildman–Crippen MR) is 57.1 cm³/mol. The summed E-state index contributed by atoms with van der Waals surface area (Å²) in [5.74, 6) is 0. The van der Waals surface area contributed by atoms with Gasteiger partial charge in [0.25, 0.3) is 0 Å². The Hall–Kier alpha value is -1.57. The quantitative estimate of drug-likeness (QED) is 0.701. The number of aromatic nitrogens is 2. The highest BCUT2D eigenvalue weighted by Gasteiger charge is 2.05. The van der Waals surface area contributed by atoms with Crippen LogP contribution >= 0.6 is 0 Å². The summed E-state index contributed by atoms with van der Waals surface area (Å²) in [5.41, 5.74) is 4.22. The normalized spacial score (nSPS) is 11.4. The second-order valence-electron chi connectivity index (χ2n) is 3.02. The molecule has 0 saturated carbocycles. The first-order valence-corrected chi connectivity index (χ1v) is 4.15. The maximum absolute atomic E-state index is 3.99. The average Bonchev–Trinajstić information content (AvgIpc) is 2.52. The highest BCUT2D eigenvalue weighted by molar-refractivity contribution is 5.75. The third-order valence-electron chi connectivity index (χ3n) is 1.86. The van der Waals surface area contributed by atoms with E-state index in [1.54, 1.807) is 12.3 Å². The number of H-pyrrole nitrogens is 1. The van der Waals surface area contributed by atoms with Crippen LogP contribution in [0.15, 0.2) is 31.5 Å². The van der Waals surface area contributed by atoms with Gasteiger partial charge in [0.1, 0.15) is 0 Å². The summed E-state index contributed by atoms with van der Waals surface area (Å²) >= 11 is 0. The smallest absolute Gasteiger partial charge is 0.0681 e. The number of nitrogens with zero attached hydrogens (tertiary/aromatic N) is 1. The SMILES string of the molecule is C=C/C=C(\C)c1[nH]ncc1C(=C)C. The molecule has 0 atom stereocenters. The molecule has 2 heteroatoms. The molecule has 1 N–H and O–H groups in total. The molecular formula is C11H14N2. The van der Waals surface area contributed by atoms with Crippen molar-refractivity contribution in [2.24, 2.45) is 0 Å². The van der Waals surface area contributed by atoms with Crippen LogP contribution in [-0.2, 0) is 0 Å². The molecule has 0 bridgehead atoms. The van der Waals surface area contributed by atoms with Crippen molar-refractivity contribution in [3.05, 3.63) is 42.8 Å². The van der Waals surface area contributed by atoms with Crippen molar-refractivity contribution in [3.8, 4) is 0 Å². The van der Waals surface area contributed by atoms with E-state index >= 15 is 0 Å². The number of hydrogen-bond donors (Lipinski definition) is 1. The molecule has 1 rings (SSSR count). The fourth-order valence-corrected chi connectivity index (χ4v) is 1.17. The van der Waals surface area contributed by atoms with E-state index < -0.39 is 0 Å². The van der Waals surface area contributed by atoms with E-state index in [9.17, 15) is 0 Å². The van der Waals surface area contributed by atoms with Crippen molar-refractivity contribution < 1.29 is 0 Å². The van der Waals surface area contributed by atoms with Crippen LogP contribution in [0.3, 0.4) is 0 Å². The molecule has 2 nitrogen and oxygen atoms in total. The first-order chi connectivity index (χ1) is 6.16. The summed E-state index contributed by atoms with van der Waals surface area (Å²) in [6.07, 6.45) is 5.50. The third kappa shape index (κ3) is 1.96. The van der Waals surface area contributed by atoms with Gasteiger partial charge >= 0.3 is 0 Å². The Bertz CT molecular complexity index is 356. The van der Waals surface area contributed by atoms with Crippen LogP contribution < -0.4 is 0 Å². The van der Waals surface area contributed by atoms with E-state index in [1.807, 2.05) is 19.9 Å². The van der Waals surface area contributed by atoms with Crippen LogP contribution in [0, 0.1) is 0 Å². The minimum absolute atomic E-state index is 1.01. The van der Waals surface area contributed by atoms with Crippen LogP contribution in [0.1, 0.15) is 25.1 Å². The molecule has 0 amide bonds. The van der Waals surface area contributed by atoms with E-state index in [1.165, 1.54) is 0 Å². The van der Waals surface area contributed by atoms with E-state index in [0.717, 1.165) is 22.4 Å². The van der Waals surface area contributed by atoms with Gasteiger partial charge in [-0.1, -0.05) is 25.3 Å². The number of rotatable bonds is 3. The molecule has 1 aromatic heterocycles. The molecule has 0 aromatic carbocycles. The van der Waals surface area contributed by atoms with Gasteiger partial charge in [-0.25, -0.2) is 0 Å². The van der Waals surface area contributed by atoms with Crippen molar-refractivity contribution in [1.29, 1.82) is 0 Å². The molecule has 0 fully saturated rings. The van der Waals surface area contributed by atoms with Crippen LogP contribution in [0.25, 0.3) is 11.1 Å². The predicted octanol–water partition coefficient (Wildman–Crippen LogP) is 3.03. The molecule has 0 aliphatic carbocycles. The van der Waals surface area contributed by atoms with Gasteiger partial charge in [0.2, 0.25) is 0 Å². The van der Waals surface area contributed by atoms with Gasteiger partial charge in [-0.05, 0) is 25.0 Å². The Morgan fingerprint density at radius 3 is 2.77 bits per heavy atom. The van der Waals surface area contributed by atoms with E-state index in [2.05, 4.69) is 23.4 Å². The first-order valence-electron chi connectivity index (χ1n) is 4.15. The molecule has 68 valence electrons. The van der Waals surface area contributed by atoms with Crippen molar-refractivity contribution in [2.75, 3.05) is 0 Å². The van der Waals surface area contributed by atoms with Gasteiger partial charge in [-0.2, -0.15) is 5.10 Å². The zero-order valence-electron chi connectivity index (χ0n) is 8.09. The molecule has 0 aliphatic heterocycles. The van der Waals surface area contributed by atoms with Gasteiger partial charge in [0, 0.05) is 5.56 Å².